The molecule has 12 heavy (non-hydrogen) atoms. The zero-order valence-corrected chi connectivity index (χ0v) is 7.86. The maximum atomic E-state index is 11.0. The van der Waals surface area contributed by atoms with Crippen LogP contribution >= 0.6 is 12.4 Å². The summed E-state index contributed by atoms with van der Waals surface area (Å²) in [5, 5.41) is 3.05. The van der Waals surface area contributed by atoms with E-state index in [4.69, 9.17) is 9.47 Å². The summed E-state index contributed by atoms with van der Waals surface area (Å²) >= 11 is 0. The zero-order chi connectivity index (χ0) is 8.10. The molecular formula is C7H14ClNO3. The van der Waals surface area contributed by atoms with Crippen LogP contribution in [0.2, 0.25) is 0 Å². The quantitative estimate of drug-likeness (QED) is 0.629. The molecule has 0 saturated carbocycles. The molecule has 0 amide bonds. The van der Waals surface area contributed by atoms with Crippen molar-refractivity contribution >= 4 is 18.4 Å². The first-order valence-electron chi connectivity index (χ1n) is 3.83. The average Bonchev–Trinajstić information content (AvgIpc) is 2.07. The van der Waals surface area contributed by atoms with Gasteiger partial charge < -0.3 is 14.8 Å². The van der Waals surface area contributed by atoms with Gasteiger partial charge in [-0.15, -0.1) is 12.4 Å². The maximum Gasteiger partial charge on any atom is 0.336 e. The van der Waals surface area contributed by atoms with Crippen molar-refractivity contribution in [3.05, 3.63) is 0 Å². The standard InChI is InChI=1S/C7H13NO3.ClH/c1-2-10-7(9)6-5-8-3-4-11-6;/h6,8H,2-5H2,1H3;1H/t6-;/m0./s1. The van der Waals surface area contributed by atoms with Crippen molar-refractivity contribution in [2.75, 3.05) is 26.3 Å². The minimum atomic E-state index is -0.399. The highest BCUT2D eigenvalue weighted by molar-refractivity contribution is 5.85. The van der Waals surface area contributed by atoms with E-state index in [0.717, 1.165) is 6.54 Å². The van der Waals surface area contributed by atoms with Crippen LogP contribution in [0.3, 0.4) is 0 Å². The van der Waals surface area contributed by atoms with Gasteiger partial charge in [-0.2, -0.15) is 0 Å². The summed E-state index contributed by atoms with van der Waals surface area (Å²) < 4.78 is 9.93. The molecule has 1 atom stereocenters. The predicted molar refractivity (Wildman–Crippen MR) is 46.5 cm³/mol. The number of nitrogens with one attached hydrogen (secondary N) is 1. The molecule has 0 radical (unpaired) electrons. The first-order valence-corrected chi connectivity index (χ1v) is 3.83. The van der Waals surface area contributed by atoms with Gasteiger partial charge in [-0.25, -0.2) is 4.79 Å². The summed E-state index contributed by atoms with van der Waals surface area (Å²) in [5.41, 5.74) is 0. The van der Waals surface area contributed by atoms with Crippen molar-refractivity contribution in [3.8, 4) is 0 Å². The zero-order valence-electron chi connectivity index (χ0n) is 7.04. The van der Waals surface area contributed by atoms with E-state index in [1.165, 1.54) is 0 Å². The van der Waals surface area contributed by atoms with E-state index < -0.39 is 6.10 Å². The monoisotopic (exact) mass is 195 g/mol. The fraction of sp³-hybridized carbons (Fsp3) is 0.857. The van der Waals surface area contributed by atoms with Crippen LogP contribution in [0.4, 0.5) is 0 Å². The number of rotatable bonds is 2. The fourth-order valence-corrected chi connectivity index (χ4v) is 0.952. The summed E-state index contributed by atoms with van der Waals surface area (Å²) in [6.07, 6.45) is -0.399. The Morgan fingerprint density at radius 3 is 3.00 bits per heavy atom. The first-order chi connectivity index (χ1) is 5.34. The van der Waals surface area contributed by atoms with Crippen LogP contribution in [0.25, 0.3) is 0 Å². The van der Waals surface area contributed by atoms with E-state index in [1.807, 2.05) is 0 Å². The molecule has 1 rings (SSSR count). The fourth-order valence-electron chi connectivity index (χ4n) is 0.952. The topological polar surface area (TPSA) is 47.6 Å². The lowest BCUT2D eigenvalue weighted by Gasteiger charge is -2.21. The molecule has 1 N–H and O–H groups in total. The van der Waals surface area contributed by atoms with Crippen LogP contribution in [-0.2, 0) is 14.3 Å². The lowest BCUT2D eigenvalue weighted by Crippen LogP contribution is -2.43. The molecule has 1 aliphatic rings. The summed E-state index contributed by atoms with van der Waals surface area (Å²) in [4.78, 5) is 11.0. The van der Waals surface area contributed by atoms with E-state index in [9.17, 15) is 4.79 Å². The van der Waals surface area contributed by atoms with E-state index in [0.29, 0.717) is 19.8 Å². The molecule has 0 aromatic heterocycles. The Labute approximate surface area is 78.0 Å². The van der Waals surface area contributed by atoms with Crippen molar-refractivity contribution in [2.24, 2.45) is 0 Å². The van der Waals surface area contributed by atoms with Gasteiger partial charge in [-0.3, -0.25) is 0 Å². The molecule has 1 fully saturated rings. The minimum Gasteiger partial charge on any atom is -0.464 e. The van der Waals surface area contributed by atoms with E-state index in [2.05, 4.69) is 5.32 Å². The molecule has 4 nitrogen and oxygen atoms in total. The second kappa shape index (κ2) is 6.22. The summed E-state index contributed by atoms with van der Waals surface area (Å²) in [6.45, 7) is 4.17. The Morgan fingerprint density at radius 1 is 1.75 bits per heavy atom. The second-order valence-corrected chi connectivity index (χ2v) is 2.32. The number of carbonyl (C=O) groups is 1. The number of ether oxygens (including phenoxy) is 2. The van der Waals surface area contributed by atoms with Gasteiger partial charge in [0.1, 0.15) is 0 Å². The SMILES string of the molecule is CCOC(=O)[C@@H]1CNCCO1.Cl. The van der Waals surface area contributed by atoms with Crippen LogP contribution < -0.4 is 5.32 Å². The number of morpholine rings is 1. The highest BCUT2D eigenvalue weighted by atomic mass is 35.5. The third-order valence-electron chi connectivity index (χ3n) is 1.48. The Balaban J connectivity index is 0.00000121. The van der Waals surface area contributed by atoms with Crippen LogP contribution in [-0.4, -0.2) is 38.4 Å². The number of halogens is 1. The van der Waals surface area contributed by atoms with Gasteiger partial charge in [-0.1, -0.05) is 0 Å². The van der Waals surface area contributed by atoms with Crippen LogP contribution in [0.5, 0.6) is 0 Å². The highest BCUT2D eigenvalue weighted by Crippen LogP contribution is 1.98. The molecule has 0 aromatic rings. The molecule has 1 heterocycles. The van der Waals surface area contributed by atoms with Gasteiger partial charge in [0, 0.05) is 13.1 Å². The number of carbonyl (C=O) groups excluding carboxylic acids is 1. The second-order valence-electron chi connectivity index (χ2n) is 2.32. The molecule has 5 heteroatoms. The number of esters is 1. The molecular weight excluding hydrogens is 182 g/mol. The first kappa shape index (κ1) is 11.7. The summed E-state index contributed by atoms with van der Waals surface area (Å²) in [6, 6.07) is 0. The van der Waals surface area contributed by atoms with Gasteiger partial charge in [0.05, 0.1) is 13.2 Å². The maximum absolute atomic E-state index is 11.0. The van der Waals surface area contributed by atoms with Gasteiger partial charge in [-0.05, 0) is 6.92 Å². The average molecular weight is 196 g/mol. The highest BCUT2D eigenvalue weighted by Gasteiger charge is 2.22. The van der Waals surface area contributed by atoms with Gasteiger partial charge in [0.25, 0.3) is 0 Å². The lowest BCUT2D eigenvalue weighted by atomic mass is 10.3. The van der Waals surface area contributed by atoms with Gasteiger partial charge in [0.15, 0.2) is 6.10 Å². The van der Waals surface area contributed by atoms with Gasteiger partial charge >= 0.3 is 5.97 Å². The summed E-state index contributed by atoms with van der Waals surface area (Å²) in [7, 11) is 0. The minimum absolute atomic E-state index is 0. The Kier molecular flexibility index (Phi) is 6.06. The lowest BCUT2D eigenvalue weighted by molar-refractivity contribution is -0.158. The van der Waals surface area contributed by atoms with Crippen LogP contribution in [0.15, 0.2) is 0 Å². The normalized spacial score (nSPS) is 22.6. The van der Waals surface area contributed by atoms with E-state index in [-0.39, 0.29) is 18.4 Å². The van der Waals surface area contributed by atoms with Gasteiger partial charge in [0.2, 0.25) is 0 Å². The number of hydrogen-bond donors (Lipinski definition) is 1. The van der Waals surface area contributed by atoms with E-state index in [1.54, 1.807) is 6.92 Å². The third-order valence-corrected chi connectivity index (χ3v) is 1.48. The molecule has 0 bridgehead atoms. The third kappa shape index (κ3) is 3.38. The van der Waals surface area contributed by atoms with Crippen molar-refractivity contribution in [1.29, 1.82) is 0 Å². The smallest absolute Gasteiger partial charge is 0.336 e. The number of hydrogen-bond acceptors (Lipinski definition) is 4. The van der Waals surface area contributed by atoms with Crippen molar-refractivity contribution in [3.63, 3.8) is 0 Å². The van der Waals surface area contributed by atoms with Crippen LogP contribution in [0.1, 0.15) is 6.92 Å². The molecule has 1 aliphatic heterocycles. The molecule has 1 saturated heterocycles. The van der Waals surface area contributed by atoms with E-state index >= 15 is 0 Å². The van der Waals surface area contributed by atoms with Crippen molar-refractivity contribution in [1.82, 2.24) is 5.32 Å². The largest absolute Gasteiger partial charge is 0.464 e. The molecule has 0 aliphatic carbocycles. The van der Waals surface area contributed by atoms with Crippen molar-refractivity contribution in [2.45, 2.75) is 13.0 Å². The Bertz CT molecular complexity index is 137. The molecule has 0 aromatic carbocycles. The molecule has 72 valence electrons. The summed E-state index contributed by atoms with van der Waals surface area (Å²) in [5.74, 6) is -0.264. The Morgan fingerprint density at radius 2 is 2.50 bits per heavy atom. The van der Waals surface area contributed by atoms with Crippen LogP contribution in [0, 0.1) is 0 Å². The van der Waals surface area contributed by atoms with Crippen molar-refractivity contribution < 1.29 is 14.3 Å². The molecule has 0 spiro atoms. The Hall–Kier alpha value is -0.320. The molecule has 0 unspecified atom stereocenters. The predicted octanol–water partition coefficient (Wildman–Crippen LogP) is -0.0403.